The molecule has 0 aromatic carbocycles. The molecule has 3 heterocycles. The number of carbonyl (C=O) groups is 1. The van der Waals surface area contributed by atoms with Gasteiger partial charge in [0.25, 0.3) is 0 Å². The van der Waals surface area contributed by atoms with Gasteiger partial charge in [0.15, 0.2) is 11.0 Å². The van der Waals surface area contributed by atoms with Crippen molar-refractivity contribution in [2.45, 2.75) is 58.0 Å². The minimum atomic E-state index is -0.0137. The Bertz CT molecular complexity index is 800. The number of aromatic nitrogens is 5. The third kappa shape index (κ3) is 5.27. The van der Waals surface area contributed by atoms with E-state index in [9.17, 15) is 4.79 Å². The number of nitrogens with zero attached hydrogens (tertiary/aromatic N) is 5. The van der Waals surface area contributed by atoms with E-state index >= 15 is 0 Å². The van der Waals surface area contributed by atoms with Crippen molar-refractivity contribution < 1.29 is 9.53 Å². The second-order valence-corrected chi connectivity index (χ2v) is 8.57. The van der Waals surface area contributed by atoms with Gasteiger partial charge in [0, 0.05) is 25.9 Å². The normalized spacial score (nSPS) is 16.8. The van der Waals surface area contributed by atoms with Gasteiger partial charge in [-0.3, -0.25) is 14.0 Å². The molecule has 0 saturated carbocycles. The van der Waals surface area contributed by atoms with E-state index in [0.29, 0.717) is 40.7 Å². The zero-order valence-electron chi connectivity index (χ0n) is 16.5. The summed E-state index contributed by atoms with van der Waals surface area (Å²) in [5.41, 5.74) is 0.602. The molecular formula is C18H27ClN6O2S. The van der Waals surface area contributed by atoms with Crippen LogP contribution in [0.15, 0.2) is 11.4 Å². The monoisotopic (exact) mass is 426 g/mol. The molecule has 1 aliphatic rings. The molecule has 0 radical (unpaired) electrons. The summed E-state index contributed by atoms with van der Waals surface area (Å²) in [4.78, 5) is 12.1. The van der Waals surface area contributed by atoms with E-state index in [2.05, 4.69) is 34.5 Å². The second-order valence-electron chi connectivity index (χ2n) is 7.22. The van der Waals surface area contributed by atoms with E-state index in [1.807, 2.05) is 11.5 Å². The van der Waals surface area contributed by atoms with Crippen LogP contribution in [-0.2, 0) is 22.6 Å². The van der Waals surface area contributed by atoms with Crippen LogP contribution in [0, 0.1) is 5.92 Å². The van der Waals surface area contributed by atoms with Crippen molar-refractivity contribution in [2.24, 2.45) is 5.92 Å². The lowest BCUT2D eigenvalue weighted by Crippen LogP contribution is -2.29. The highest BCUT2D eigenvalue weighted by Crippen LogP contribution is 2.29. The van der Waals surface area contributed by atoms with E-state index in [1.54, 1.807) is 10.9 Å². The van der Waals surface area contributed by atoms with E-state index in [1.165, 1.54) is 11.8 Å². The molecule has 2 aromatic rings. The molecule has 0 bridgehead atoms. The van der Waals surface area contributed by atoms with Crippen LogP contribution in [0.2, 0.25) is 5.02 Å². The fraction of sp³-hybridized carbons (Fsp3) is 0.667. The minimum absolute atomic E-state index is 0.0137. The van der Waals surface area contributed by atoms with Gasteiger partial charge in [-0.25, -0.2) is 0 Å². The number of carbonyl (C=O) groups excluding carboxylic acids is 1. The Morgan fingerprint density at radius 1 is 1.46 bits per heavy atom. The SMILES string of the molecule is CCn1cc(Cl)c(-c2nnc(SCC(=O)NCC(C)C)n2C[C@H]2CCCO2)n1. The van der Waals surface area contributed by atoms with Gasteiger partial charge >= 0.3 is 0 Å². The summed E-state index contributed by atoms with van der Waals surface area (Å²) in [6.45, 7) is 8.91. The molecule has 1 atom stereocenters. The van der Waals surface area contributed by atoms with Crippen molar-refractivity contribution in [1.29, 1.82) is 0 Å². The lowest BCUT2D eigenvalue weighted by atomic mass is 10.2. The maximum atomic E-state index is 12.1. The van der Waals surface area contributed by atoms with Crippen LogP contribution in [0.1, 0.15) is 33.6 Å². The van der Waals surface area contributed by atoms with Crippen molar-refractivity contribution in [2.75, 3.05) is 18.9 Å². The van der Waals surface area contributed by atoms with Gasteiger partial charge < -0.3 is 10.1 Å². The van der Waals surface area contributed by atoms with Crippen LogP contribution in [0.5, 0.6) is 0 Å². The number of hydrogen-bond donors (Lipinski definition) is 1. The zero-order chi connectivity index (χ0) is 20.1. The Balaban J connectivity index is 1.80. The number of ether oxygens (including phenoxy) is 1. The molecule has 1 saturated heterocycles. The number of thioether (sulfide) groups is 1. The first-order valence-electron chi connectivity index (χ1n) is 9.65. The molecule has 1 fully saturated rings. The summed E-state index contributed by atoms with van der Waals surface area (Å²) >= 11 is 7.76. The summed E-state index contributed by atoms with van der Waals surface area (Å²) in [6.07, 6.45) is 3.94. The Morgan fingerprint density at radius 2 is 2.29 bits per heavy atom. The molecule has 8 nitrogen and oxygen atoms in total. The van der Waals surface area contributed by atoms with Crippen molar-refractivity contribution in [1.82, 2.24) is 29.9 Å². The Morgan fingerprint density at radius 3 is 2.93 bits per heavy atom. The van der Waals surface area contributed by atoms with Crippen molar-refractivity contribution >= 4 is 29.3 Å². The van der Waals surface area contributed by atoms with Gasteiger partial charge in [-0.1, -0.05) is 37.2 Å². The van der Waals surface area contributed by atoms with Crippen LogP contribution >= 0.6 is 23.4 Å². The summed E-state index contributed by atoms with van der Waals surface area (Å²) in [6, 6.07) is 0. The van der Waals surface area contributed by atoms with E-state index < -0.39 is 0 Å². The zero-order valence-corrected chi connectivity index (χ0v) is 18.1. The number of hydrogen-bond acceptors (Lipinski definition) is 6. The van der Waals surface area contributed by atoms with Crippen molar-refractivity contribution in [3.8, 4) is 11.5 Å². The average molecular weight is 427 g/mol. The summed E-state index contributed by atoms with van der Waals surface area (Å²) in [5.74, 6) is 1.30. The average Bonchev–Trinajstić information content (AvgIpc) is 3.39. The standard InChI is InChI=1S/C18H27ClN6O2S/c1-4-24-10-14(19)16(23-24)17-21-22-18(25(17)9-13-6-5-7-27-13)28-11-15(26)20-8-12(2)3/h10,12-13H,4-9,11H2,1-3H3,(H,20,26)/t13-/m1/s1. The molecule has 2 aromatic heterocycles. The lowest BCUT2D eigenvalue weighted by molar-refractivity contribution is -0.118. The number of halogens is 1. The van der Waals surface area contributed by atoms with Gasteiger partial charge in [-0.2, -0.15) is 5.10 Å². The number of amides is 1. The summed E-state index contributed by atoms with van der Waals surface area (Å²) in [5, 5.41) is 17.3. The second kappa shape index (κ2) is 9.76. The predicted octanol–water partition coefficient (Wildman–Crippen LogP) is 2.86. The van der Waals surface area contributed by atoms with Gasteiger partial charge in [0.1, 0.15) is 5.69 Å². The van der Waals surface area contributed by atoms with Gasteiger partial charge in [0.2, 0.25) is 5.91 Å². The molecule has 28 heavy (non-hydrogen) atoms. The Labute approximate surface area is 174 Å². The molecule has 1 aliphatic heterocycles. The maximum Gasteiger partial charge on any atom is 0.230 e. The first kappa shape index (κ1) is 21.1. The van der Waals surface area contributed by atoms with Crippen LogP contribution < -0.4 is 5.32 Å². The van der Waals surface area contributed by atoms with Gasteiger partial charge in [-0.15, -0.1) is 10.2 Å². The van der Waals surface area contributed by atoms with Crippen molar-refractivity contribution in [3.63, 3.8) is 0 Å². The predicted molar refractivity (Wildman–Crippen MR) is 109 cm³/mol. The number of aryl methyl sites for hydroxylation is 1. The minimum Gasteiger partial charge on any atom is -0.376 e. The molecule has 154 valence electrons. The maximum absolute atomic E-state index is 12.1. The van der Waals surface area contributed by atoms with E-state index in [4.69, 9.17) is 16.3 Å². The molecule has 1 N–H and O–H groups in total. The lowest BCUT2D eigenvalue weighted by Gasteiger charge is -2.14. The molecule has 0 unspecified atom stereocenters. The highest BCUT2D eigenvalue weighted by Gasteiger charge is 2.24. The molecule has 3 rings (SSSR count). The Hall–Kier alpha value is -1.58. The third-order valence-corrected chi connectivity index (χ3v) is 5.66. The van der Waals surface area contributed by atoms with Crippen LogP contribution in [-0.4, -0.2) is 55.5 Å². The fourth-order valence-electron chi connectivity index (χ4n) is 2.94. The van der Waals surface area contributed by atoms with E-state index in [-0.39, 0.29) is 17.8 Å². The third-order valence-electron chi connectivity index (χ3n) is 4.42. The number of nitrogens with one attached hydrogen (secondary N) is 1. The largest absolute Gasteiger partial charge is 0.376 e. The van der Waals surface area contributed by atoms with Gasteiger partial charge in [-0.05, 0) is 25.7 Å². The fourth-order valence-corrected chi connectivity index (χ4v) is 3.95. The summed E-state index contributed by atoms with van der Waals surface area (Å²) < 4.78 is 9.55. The van der Waals surface area contributed by atoms with Crippen molar-refractivity contribution in [3.05, 3.63) is 11.2 Å². The van der Waals surface area contributed by atoms with Crippen LogP contribution in [0.25, 0.3) is 11.5 Å². The highest BCUT2D eigenvalue weighted by molar-refractivity contribution is 7.99. The molecule has 1 amide bonds. The quantitative estimate of drug-likeness (QED) is 0.620. The van der Waals surface area contributed by atoms with Gasteiger partial charge in [0.05, 0.1) is 23.4 Å². The first-order chi connectivity index (χ1) is 13.5. The molecule has 0 spiro atoms. The molecular weight excluding hydrogens is 400 g/mol. The van der Waals surface area contributed by atoms with E-state index in [0.717, 1.165) is 26.0 Å². The first-order valence-corrected chi connectivity index (χ1v) is 11.0. The summed E-state index contributed by atoms with van der Waals surface area (Å²) in [7, 11) is 0. The van der Waals surface area contributed by atoms with Crippen LogP contribution in [0.3, 0.4) is 0 Å². The smallest absolute Gasteiger partial charge is 0.230 e. The Kier molecular flexibility index (Phi) is 7.36. The topological polar surface area (TPSA) is 86.9 Å². The highest BCUT2D eigenvalue weighted by atomic mass is 35.5. The number of rotatable bonds is 9. The molecule has 0 aliphatic carbocycles. The van der Waals surface area contributed by atoms with Crippen LogP contribution in [0.4, 0.5) is 0 Å². The molecule has 10 heteroatoms.